The molecule has 2 N–H and O–H groups in total. The highest BCUT2D eigenvalue weighted by molar-refractivity contribution is 9.11. The van der Waals surface area contributed by atoms with E-state index in [0.29, 0.717) is 17.9 Å². The molecular formula is C17H20BrNS. The Hall–Kier alpha value is -0.640. The maximum Gasteiger partial charge on any atom is 0.0701 e. The van der Waals surface area contributed by atoms with E-state index in [2.05, 4.69) is 58.4 Å². The summed E-state index contributed by atoms with van der Waals surface area (Å²) in [4.78, 5) is 1.45. The zero-order valence-electron chi connectivity index (χ0n) is 11.5. The summed E-state index contributed by atoms with van der Waals surface area (Å²) in [5.74, 6) is 1.30. The van der Waals surface area contributed by atoms with Crippen molar-refractivity contribution in [3.05, 3.63) is 56.7 Å². The molecule has 0 aliphatic heterocycles. The molecule has 0 saturated heterocycles. The third-order valence-electron chi connectivity index (χ3n) is 4.40. The summed E-state index contributed by atoms with van der Waals surface area (Å²) in [6.07, 6.45) is 4.73. The molecule has 3 atom stereocenters. The molecule has 20 heavy (non-hydrogen) atoms. The van der Waals surface area contributed by atoms with Gasteiger partial charge in [0.25, 0.3) is 0 Å². The molecule has 3 unspecified atom stereocenters. The van der Waals surface area contributed by atoms with Gasteiger partial charge in [0.1, 0.15) is 0 Å². The average Bonchev–Trinajstić information content (AvgIpc) is 2.88. The minimum Gasteiger partial charge on any atom is -0.327 e. The fourth-order valence-corrected chi connectivity index (χ4v) is 4.85. The van der Waals surface area contributed by atoms with Crippen molar-refractivity contribution in [2.45, 2.75) is 37.6 Å². The monoisotopic (exact) mass is 349 g/mol. The van der Waals surface area contributed by atoms with Gasteiger partial charge in [-0.15, -0.1) is 11.3 Å². The van der Waals surface area contributed by atoms with E-state index in [1.54, 1.807) is 0 Å². The van der Waals surface area contributed by atoms with Gasteiger partial charge in [-0.1, -0.05) is 30.3 Å². The highest BCUT2D eigenvalue weighted by Crippen LogP contribution is 2.38. The van der Waals surface area contributed by atoms with Crippen molar-refractivity contribution in [1.82, 2.24) is 0 Å². The molecule has 106 valence electrons. The van der Waals surface area contributed by atoms with Crippen LogP contribution in [0.1, 0.15) is 35.6 Å². The molecule has 1 aliphatic rings. The van der Waals surface area contributed by atoms with Crippen LogP contribution in [-0.4, -0.2) is 6.04 Å². The van der Waals surface area contributed by atoms with Crippen LogP contribution in [0, 0.1) is 5.92 Å². The van der Waals surface area contributed by atoms with E-state index in [-0.39, 0.29) is 0 Å². The van der Waals surface area contributed by atoms with Crippen molar-refractivity contribution in [2.75, 3.05) is 0 Å². The number of hydrogen-bond donors (Lipinski definition) is 1. The van der Waals surface area contributed by atoms with Crippen LogP contribution < -0.4 is 5.73 Å². The number of nitrogens with two attached hydrogens (primary N) is 1. The molecule has 1 heterocycles. The van der Waals surface area contributed by atoms with E-state index >= 15 is 0 Å². The van der Waals surface area contributed by atoms with Crippen molar-refractivity contribution in [2.24, 2.45) is 11.7 Å². The van der Waals surface area contributed by atoms with Gasteiger partial charge in [-0.3, -0.25) is 0 Å². The molecule has 1 saturated carbocycles. The Morgan fingerprint density at radius 1 is 1.10 bits per heavy atom. The van der Waals surface area contributed by atoms with Crippen LogP contribution in [0.2, 0.25) is 0 Å². The number of rotatable bonds is 3. The first-order chi connectivity index (χ1) is 9.72. The lowest BCUT2D eigenvalue weighted by Crippen LogP contribution is -2.36. The molecule has 3 rings (SSSR count). The molecule has 1 aliphatic carbocycles. The van der Waals surface area contributed by atoms with Gasteiger partial charge in [0.05, 0.1) is 3.79 Å². The van der Waals surface area contributed by atoms with Crippen LogP contribution >= 0.6 is 27.3 Å². The van der Waals surface area contributed by atoms with Crippen LogP contribution in [-0.2, 0) is 6.42 Å². The van der Waals surface area contributed by atoms with Crippen molar-refractivity contribution < 1.29 is 0 Å². The third kappa shape index (κ3) is 3.33. The average molecular weight is 350 g/mol. The van der Waals surface area contributed by atoms with E-state index in [4.69, 9.17) is 5.73 Å². The zero-order chi connectivity index (χ0) is 13.9. The second kappa shape index (κ2) is 6.42. The van der Waals surface area contributed by atoms with E-state index in [0.717, 1.165) is 12.8 Å². The Bertz CT molecular complexity index is 551. The van der Waals surface area contributed by atoms with Crippen LogP contribution in [0.15, 0.2) is 46.3 Å². The van der Waals surface area contributed by atoms with Crippen molar-refractivity contribution in [3.63, 3.8) is 0 Å². The van der Waals surface area contributed by atoms with Gasteiger partial charge in [-0.25, -0.2) is 0 Å². The first-order valence-corrected chi connectivity index (χ1v) is 8.88. The maximum atomic E-state index is 6.37. The van der Waals surface area contributed by atoms with Gasteiger partial charge < -0.3 is 5.73 Å². The molecule has 1 aromatic heterocycles. The van der Waals surface area contributed by atoms with Crippen molar-refractivity contribution in [1.29, 1.82) is 0 Å². The summed E-state index contributed by atoms with van der Waals surface area (Å²) >= 11 is 5.39. The van der Waals surface area contributed by atoms with E-state index in [1.807, 2.05) is 11.3 Å². The number of halogens is 1. The second-order valence-electron chi connectivity index (χ2n) is 5.75. The Kier molecular flexibility index (Phi) is 4.59. The third-order valence-corrected chi connectivity index (χ3v) is 6.05. The van der Waals surface area contributed by atoms with E-state index in [9.17, 15) is 0 Å². The second-order valence-corrected chi connectivity index (χ2v) is 8.30. The highest BCUT2D eigenvalue weighted by atomic mass is 79.9. The van der Waals surface area contributed by atoms with Crippen molar-refractivity contribution in [3.8, 4) is 0 Å². The highest BCUT2D eigenvalue weighted by Gasteiger charge is 2.29. The summed E-state index contributed by atoms with van der Waals surface area (Å²) in [6.45, 7) is 0. The molecule has 1 fully saturated rings. The molecule has 0 amide bonds. The van der Waals surface area contributed by atoms with Crippen LogP contribution in [0.3, 0.4) is 0 Å². The summed E-state index contributed by atoms with van der Waals surface area (Å²) in [6, 6.07) is 15.6. The Morgan fingerprint density at radius 3 is 2.60 bits per heavy atom. The minimum absolute atomic E-state index is 0.357. The summed E-state index contributed by atoms with van der Waals surface area (Å²) in [5, 5.41) is 0. The van der Waals surface area contributed by atoms with Gasteiger partial charge in [0.15, 0.2) is 0 Å². The molecule has 1 aromatic carbocycles. The summed E-state index contributed by atoms with van der Waals surface area (Å²) < 4.78 is 1.22. The minimum atomic E-state index is 0.357. The molecular weight excluding hydrogens is 330 g/mol. The number of thiophene rings is 1. The summed E-state index contributed by atoms with van der Waals surface area (Å²) in [5.41, 5.74) is 7.85. The van der Waals surface area contributed by atoms with E-state index in [1.165, 1.54) is 27.1 Å². The molecule has 1 nitrogen and oxygen atoms in total. The first kappa shape index (κ1) is 14.3. The van der Waals surface area contributed by atoms with Gasteiger partial charge in [0, 0.05) is 10.9 Å². The SMILES string of the molecule is NC1CCC(c2ccccc2)CC1Cc1ccc(Br)s1. The van der Waals surface area contributed by atoms with E-state index < -0.39 is 0 Å². The van der Waals surface area contributed by atoms with Crippen LogP contribution in [0.4, 0.5) is 0 Å². The lowest BCUT2D eigenvalue weighted by Gasteiger charge is -2.34. The predicted octanol–water partition coefficient (Wildman–Crippen LogP) is 4.96. The topological polar surface area (TPSA) is 26.0 Å². The lowest BCUT2D eigenvalue weighted by atomic mass is 9.74. The fraction of sp³-hybridized carbons (Fsp3) is 0.412. The fourth-order valence-electron chi connectivity index (χ4n) is 3.27. The lowest BCUT2D eigenvalue weighted by molar-refractivity contribution is 0.278. The maximum absolute atomic E-state index is 6.37. The number of hydrogen-bond acceptors (Lipinski definition) is 2. The standard InChI is InChI=1S/C17H20BrNS/c18-17-9-7-15(20-17)11-14-10-13(6-8-16(14)19)12-4-2-1-3-5-12/h1-5,7,9,13-14,16H,6,8,10-11,19H2. The Morgan fingerprint density at radius 2 is 1.90 bits per heavy atom. The smallest absolute Gasteiger partial charge is 0.0701 e. The molecule has 2 aromatic rings. The predicted molar refractivity (Wildman–Crippen MR) is 90.2 cm³/mol. The van der Waals surface area contributed by atoms with Crippen LogP contribution in [0.25, 0.3) is 0 Å². The molecule has 0 radical (unpaired) electrons. The van der Waals surface area contributed by atoms with Gasteiger partial charge in [-0.05, 0) is 71.1 Å². The number of benzene rings is 1. The van der Waals surface area contributed by atoms with Crippen LogP contribution in [0.5, 0.6) is 0 Å². The Balaban J connectivity index is 1.70. The normalized spacial score (nSPS) is 26.6. The molecule has 3 heteroatoms. The van der Waals surface area contributed by atoms with Gasteiger partial charge in [0.2, 0.25) is 0 Å². The zero-order valence-corrected chi connectivity index (χ0v) is 13.9. The largest absolute Gasteiger partial charge is 0.327 e. The van der Waals surface area contributed by atoms with Gasteiger partial charge in [-0.2, -0.15) is 0 Å². The van der Waals surface area contributed by atoms with Crippen molar-refractivity contribution >= 4 is 27.3 Å². The quantitative estimate of drug-likeness (QED) is 0.831. The summed E-state index contributed by atoms with van der Waals surface area (Å²) in [7, 11) is 0. The molecule has 0 spiro atoms. The van der Waals surface area contributed by atoms with Gasteiger partial charge >= 0.3 is 0 Å². The molecule has 0 bridgehead atoms. The first-order valence-electron chi connectivity index (χ1n) is 7.27. The Labute approximate surface area is 133 Å².